The van der Waals surface area contributed by atoms with Crippen LogP contribution >= 0.6 is 0 Å². The summed E-state index contributed by atoms with van der Waals surface area (Å²) in [5, 5.41) is 7.30. The molecule has 8 heteroatoms. The van der Waals surface area contributed by atoms with E-state index >= 15 is 4.39 Å². The Hall–Kier alpha value is -3.52. The van der Waals surface area contributed by atoms with Crippen molar-refractivity contribution in [3.63, 3.8) is 0 Å². The van der Waals surface area contributed by atoms with Gasteiger partial charge in [-0.25, -0.2) is 4.39 Å². The average molecular weight is 462 g/mol. The number of amides is 1. The van der Waals surface area contributed by atoms with Crippen LogP contribution in [0.3, 0.4) is 0 Å². The molecule has 1 aliphatic carbocycles. The molecule has 0 radical (unpaired) electrons. The molecule has 0 saturated heterocycles. The molecule has 3 aromatic heterocycles. The Balaban J connectivity index is 1.42. The second kappa shape index (κ2) is 9.38. The number of hydrogen-bond acceptors (Lipinski definition) is 4. The lowest BCUT2D eigenvalue weighted by Gasteiger charge is -2.30. The summed E-state index contributed by atoms with van der Waals surface area (Å²) in [5.41, 5.74) is 4.05. The Morgan fingerprint density at radius 2 is 2.06 bits per heavy atom. The third-order valence-corrected chi connectivity index (χ3v) is 6.63. The van der Waals surface area contributed by atoms with E-state index in [0.29, 0.717) is 23.2 Å². The molecule has 7 nitrogen and oxygen atoms in total. The van der Waals surface area contributed by atoms with Crippen molar-refractivity contribution < 1.29 is 13.9 Å². The normalized spacial score (nSPS) is 18.3. The Morgan fingerprint density at radius 1 is 1.21 bits per heavy atom. The molecular weight excluding hydrogens is 433 g/mol. The molecule has 2 atom stereocenters. The number of methoxy groups -OCH3 is 1. The Bertz CT molecular complexity index is 1330. The van der Waals surface area contributed by atoms with Gasteiger partial charge in [0, 0.05) is 43.9 Å². The molecule has 0 aliphatic heterocycles. The van der Waals surface area contributed by atoms with Crippen molar-refractivity contribution >= 4 is 16.9 Å². The highest BCUT2D eigenvalue weighted by atomic mass is 19.1. The van der Waals surface area contributed by atoms with E-state index in [1.54, 1.807) is 36.4 Å². The van der Waals surface area contributed by atoms with Crippen LogP contribution in [-0.4, -0.2) is 44.5 Å². The third kappa shape index (κ3) is 4.33. The number of fused-ring (bicyclic) bond motifs is 1. The van der Waals surface area contributed by atoms with Gasteiger partial charge >= 0.3 is 0 Å². The van der Waals surface area contributed by atoms with Gasteiger partial charge < -0.3 is 14.6 Å². The summed E-state index contributed by atoms with van der Waals surface area (Å²) in [6.45, 7) is 0.290. The lowest BCUT2D eigenvalue weighted by molar-refractivity contribution is 0.0393. The van der Waals surface area contributed by atoms with E-state index in [4.69, 9.17) is 4.74 Å². The van der Waals surface area contributed by atoms with E-state index in [9.17, 15) is 4.79 Å². The average Bonchev–Trinajstić information content (AvgIpc) is 3.45. The minimum atomic E-state index is -0.303. The van der Waals surface area contributed by atoms with Crippen LogP contribution in [-0.2, 0) is 18.3 Å². The minimum Gasteiger partial charge on any atom is -0.379 e. The number of ether oxygens (including phenoxy) is 1. The van der Waals surface area contributed by atoms with E-state index in [0.717, 1.165) is 42.3 Å². The number of carbonyl (C=O) groups is 1. The highest BCUT2D eigenvalue weighted by Crippen LogP contribution is 2.26. The number of nitrogens with zero attached hydrogens (tertiary/aromatic N) is 4. The maximum Gasteiger partial charge on any atom is 0.255 e. The van der Waals surface area contributed by atoms with Gasteiger partial charge in [0.25, 0.3) is 5.91 Å². The first-order chi connectivity index (χ1) is 16.5. The zero-order valence-corrected chi connectivity index (χ0v) is 19.4. The maximum atomic E-state index is 15.0. The number of aromatic nitrogens is 4. The highest BCUT2D eigenvalue weighted by molar-refractivity contribution is 6.05. The number of aryl methyl sites for hydroxylation is 1. The standard InChI is InChI=1S/C26H28FN5O2/c1-31-14-19(13-29-31)17-9-10-18(21(27)12-17)15-32-16-20(25-23(32)7-5-11-28-25)26(33)30-22-6-3-4-8-24(22)34-2/h5,7,9-14,16,22,24H,3-4,6,8,15H2,1-2H3,(H,30,33). The topological polar surface area (TPSA) is 74.0 Å². The summed E-state index contributed by atoms with van der Waals surface area (Å²) in [6.07, 6.45) is 11.0. The van der Waals surface area contributed by atoms with Crippen molar-refractivity contribution in [1.29, 1.82) is 0 Å². The van der Waals surface area contributed by atoms with Gasteiger partial charge in [0.05, 0.1) is 36.0 Å². The van der Waals surface area contributed by atoms with Gasteiger partial charge in [0.1, 0.15) is 11.3 Å². The zero-order chi connectivity index (χ0) is 23.7. The fourth-order valence-electron chi connectivity index (χ4n) is 4.82. The molecule has 3 heterocycles. The quantitative estimate of drug-likeness (QED) is 0.464. The molecule has 4 aromatic rings. The predicted octanol–water partition coefficient (Wildman–Crippen LogP) is 4.31. The molecule has 34 heavy (non-hydrogen) atoms. The summed E-state index contributed by atoms with van der Waals surface area (Å²) >= 11 is 0. The summed E-state index contributed by atoms with van der Waals surface area (Å²) in [6, 6.07) is 8.90. The van der Waals surface area contributed by atoms with Crippen LogP contribution in [0.5, 0.6) is 0 Å². The predicted molar refractivity (Wildman–Crippen MR) is 128 cm³/mol. The number of rotatable bonds is 6. The van der Waals surface area contributed by atoms with Crippen molar-refractivity contribution in [2.45, 2.75) is 44.4 Å². The number of carbonyl (C=O) groups excluding carboxylic acids is 1. The smallest absolute Gasteiger partial charge is 0.255 e. The second-order valence-electron chi connectivity index (χ2n) is 8.89. The van der Waals surface area contributed by atoms with E-state index in [-0.39, 0.29) is 23.9 Å². The first-order valence-corrected chi connectivity index (χ1v) is 11.6. The molecule has 1 aromatic carbocycles. The summed E-state index contributed by atoms with van der Waals surface area (Å²) in [7, 11) is 3.52. The van der Waals surface area contributed by atoms with Crippen molar-refractivity contribution in [2.24, 2.45) is 7.05 Å². The summed E-state index contributed by atoms with van der Waals surface area (Å²) in [5.74, 6) is -0.480. The van der Waals surface area contributed by atoms with Crippen LogP contribution < -0.4 is 5.32 Å². The molecule has 176 valence electrons. The van der Waals surface area contributed by atoms with Gasteiger partial charge in [-0.1, -0.05) is 25.0 Å². The number of benzene rings is 1. The monoisotopic (exact) mass is 461 g/mol. The minimum absolute atomic E-state index is 0.0198. The molecule has 1 N–H and O–H groups in total. The first kappa shape index (κ1) is 22.3. The fourth-order valence-corrected chi connectivity index (χ4v) is 4.82. The van der Waals surface area contributed by atoms with Gasteiger partial charge in [-0.3, -0.25) is 14.5 Å². The van der Waals surface area contributed by atoms with E-state index < -0.39 is 0 Å². The first-order valence-electron chi connectivity index (χ1n) is 11.6. The molecule has 0 spiro atoms. The maximum absolute atomic E-state index is 15.0. The van der Waals surface area contributed by atoms with Crippen molar-refractivity contribution in [1.82, 2.24) is 24.6 Å². The molecule has 5 rings (SSSR count). The number of pyridine rings is 1. The van der Waals surface area contributed by atoms with Crippen LogP contribution in [0.2, 0.25) is 0 Å². The van der Waals surface area contributed by atoms with E-state index in [2.05, 4.69) is 15.4 Å². The Morgan fingerprint density at radius 3 is 2.82 bits per heavy atom. The second-order valence-corrected chi connectivity index (χ2v) is 8.89. The van der Waals surface area contributed by atoms with Gasteiger partial charge in [0.2, 0.25) is 0 Å². The molecule has 1 fully saturated rings. The van der Waals surface area contributed by atoms with Crippen molar-refractivity contribution in [2.75, 3.05) is 7.11 Å². The summed E-state index contributed by atoms with van der Waals surface area (Å²) < 4.78 is 24.2. The largest absolute Gasteiger partial charge is 0.379 e. The lowest BCUT2D eigenvalue weighted by atomic mass is 9.92. The number of hydrogen-bond donors (Lipinski definition) is 1. The van der Waals surface area contributed by atoms with Crippen LogP contribution in [0.1, 0.15) is 41.6 Å². The fraction of sp³-hybridized carbons (Fsp3) is 0.346. The van der Waals surface area contributed by atoms with Crippen LogP contribution in [0, 0.1) is 5.82 Å². The highest BCUT2D eigenvalue weighted by Gasteiger charge is 2.28. The Labute approximate surface area is 197 Å². The molecule has 2 unspecified atom stereocenters. The molecule has 1 saturated carbocycles. The van der Waals surface area contributed by atoms with Crippen LogP contribution in [0.25, 0.3) is 22.2 Å². The lowest BCUT2D eigenvalue weighted by Crippen LogP contribution is -2.45. The van der Waals surface area contributed by atoms with E-state index in [1.807, 2.05) is 36.0 Å². The van der Waals surface area contributed by atoms with Gasteiger partial charge in [-0.05, 0) is 36.6 Å². The van der Waals surface area contributed by atoms with Crippen molar-refractivity contribution in [3.8, 4) is 11.1 Å². The van der Waals surface area contributed by atoms with Gasteiger partial charge in [-0.15, -0.1) is 0 Å². The van der Waals surface area contributed by atoms with Gasteiger partial charge in [-0.2, -0.15) is 5.10 Å². The number of halogens is 1. The van der Waals surface area contributed by atoms with Gasteiger partial charge in [0.15, 0.2) is 0 Å². The van der Waals surface area contributed by atoms with E-state index in [1.165, 1.54) is 6.07 Å². The molecule has 0 bridgehead atoms. The molecular formula is C26H28FN5O2. The SMILES string of the molecule is COC1CCCCC1NC(=O)c1cn(Cc2ccc(-c3cnn(C)c3)cc2F)c2cccnc12. The summed E-state index contributed by atoms with van der Waals surface area (Å²) in [4.78, 5) is 17.7. The zero-order valence-electron chi connectivity index (χ0n) is 19.4. The third-order valence-electron chi connectivity index (χ3n) is 6.63. The molecule has 1 aliphatic rings. The Kier molecular flexibility index (Phi) is 6.15. The number of nitrogens with one attached hydrogen (secondary N) is 1. The molecule has 1 amide bonds. The van der Waals surface area contributed by atoms with Crippen LogP contribution in [0.4, 0.5) is 4.39 Å². The van der Waals surface area contributed by atoms with Crippen molar-refractivity contribution in [3.05, 3.63) is 72.1 Å². The van der Waals surface area contributed by atoms with Crippen LogP contribution in [0.15, 0.2) is 55.1 Å².